The molecule has 0 aliphatic rings. The third kappa shape index (κ3) is 5.75. The summed E-state index contributed by atoms with van der Waals surface area (Å²) in [7, 11) is 0. The highest BCUT2D eigenvalue weighted by atomic mass is 79.9. The molecule has 1 aromatic rings. The summed E-state index contributed by atoms with van der Waals surface area (Å²) in [6, 6.07) is 4.36. The van der Waals surface area contributed by atoms with Gasteiger partial charge in [-0.15, -0.1) is 11.6 Å². The maximum absolute atomic E-state index is 13.1. The normalized spacial score (nSPS) is 11.5. The quantitative estimate of drug-likeness (QED) is 0.715. The summed E-state index contributed by atoms with van der Waals surface area (Å²) in [5.74, 6) is -0.124. The van der Waals surface area contributed by atoms with E-state index in [0.29, 0.717) is 16.6 Å². The van der Waals surface area contributed by atoms with Crippen LogP contribution in [0.4, 0.5) is 13.2 Å². The van der Waals surface area contributed by atoms with Crippen molar-refractivity contribution in [3.8, 4) is 0 Å². The van der Waals surface area contributed by atoms with E-state index in [9.17, 15) is 13.2 Å². The van der Waals surface area contributed by atoms with Crippen molar-refractivity contribution in [3.63, 3.8) is 0 Å². The Kier molecular flexibility index (Phi) is 6.30. The number of hydrogen-bond donors (Lipinski definition) is 0. The molecular formula is C11H12BrClF3N. The molecule has 17 heavy (non-hydrogen) atoms. The van der Waals surface area contributed by atoms with E-state index in [1.54, 1.807) is 6.07 Å². The van der Waals surface area contributed by atoms with Gasteiger partial charge in [-0.1, -0.05) is 15.9 Å². The van der Waals surface area contributed by atoms with Crippen molar-refractivity contribution in [3.05, 3.63) is 34.1 Å². The second-order valence-electron chi connectivity index (χ2n) is 3.59. The lowest BCUT2D eigenvalue weighted by Gasteiger charge is -2.20. The Hall–Kier alpha value is -0.260. The lowest BCUT2D eigenvalue weighted by Crippen LogP contribution is -2.30. The molecule has 0 unspecified atom stereocenters. The molecule has 1 nitrogen and oxygen atoms in total. The van der Waals surface area contributed by atoms with Gasteiger partial charge in [0.05, 0.1) is 6.54 Å². The first kappa shape index (κ1) is 14.8. The minimum absolute atomic E-state index is 0.257. The zero-order valence-corrected chi connectivity index (χ0v) is 11.3. The summed E-state index contributed by atoms with van der Waals surface area (Å²) in [6.07, 6.45) is -2.42. The van der Waals surface area contributed by atoms with Crippen LogP contribution in [-0.4, -0.2) is 30.3 Å². The van der Waals surface area contributed by atoms with Gasteiger partial charge in [0, 0.05) is 23.4 Å². The minimum Gasteiger partial charge on any atom is -0.292 e. The maximum Gasteiger partial charge on any atom is 0.251 e. The summed E-state index contributed by atoms with van der Waals surface area (Å²) >= 11 is 8.70. The third-order valence-corrected chi connectivity index (χ3v) is 2.75. The highest BCUT2D eigenvalue weighted by Crippen LogP contribution is 2.16. The molecule has 0 N–H and O–H groups in total. The van der Waals surface area contributed by atoms with Crippen LogP contribution in [0.2, 0.25) is 0 Å². The van der Waals surface area contributed by atoms with Crippen LogP contribution in [-0.2, 0) is 6.54 Å². The van der Waals surface area contributed by atoms with Crippen LogP contribution in [0.15, 0.2) is 22.7 Å². The van der Waals surface area contributed by atoms with E-state index in [0.717, 1.165) is 0 Å². The molecule has 0 spiro atoms. The fraction of sp³-hybridized carbons (Fsp3) is 0.455. The smallest absolute Gasteiger partial charge is 0.251 e. The lowest BCUT2D eigenvalue weighted by molar-refractivity contribution is 0.0878. The van der Waals surface area contributed by atoms with Crippen molar-refractivity contribution in [2.75, 3.05) is 19.0 Å². The topological polar surface area (TPSA) is 3.24 Å². The molecule has 1 rings (SSSR count). The highest BCUT2D eigenvalue weighted by molar-refractivity contribution is 9.10. The standard InChI is InChI=1S/C11H12BrClF3N/c12-9-3-8(4-10(14)5-9)6-17(2-1-13)7-11(15)16/h3-5,11H,1-2,6-7H2. The molecule has 0 atom stereocenters. The first-order valence-electron chi connectivity index (χ1n) is 5.02. The number of alkyl halides is 3. The summed E-state index contributed by atoms with van der Waals surface area (Å²) in [6.45, 7) is 0.244. The molecule has 6 heteroatoms. The lowest BCUT2D eigenvalue weighted by atomic mass is 10.2. The Morgan fingerprint density at radius 1 is 1.29 bits per heavy atom. The molecule has 96 valence electrons. The average molecular weight is 331 g/mol. The van der Waals surface area contributed by atoms with E-state index >= 15 is 0 Å². The van der Waals surface area contributed by atoms with E-state index in [-0.39, 0.29) is 19.0 Å². The number of benzene rings is 1. The second kappa shape index (κ2) is 7.24. The van der Waals surface area contributed by atoms with Crippen LogP contribution in [0.3, 0.4) is 0 Å². The summed E-state index contributed by atoms with van der Waals surface area (Å²) < 4.78 is 38.3. The highest BCUT2D eigenvalue weighted by Gasteiger charge is 2.12. The van der Waals surface area contributed by atoms with E-state index in [4.69, 9.17) is 11.6 Å². The number of rotatable bonds is 6. The van der Waals surface area contributed by atoms with Crippen LogP contribution in [0, 0.1) is 5.82 Å². The zero-order valence-electron chi connectivity index (χ0n) is 8.97. The van der Waals surface area contributed by atoms with Gasteiger partial charge in [0.15, 0.2) is 0 Å². The largest absolute Gasteiger partial charge is 0.292 e. The Labute approximate surface area is 112 Å². The van der Waals surface area contributed by atoms with E-state index in [1.807, 2.05) is 0 Å². The van der Waals surface area contributed by atoms with Gasteiger partial charge < -0.3 is 0 Å². The summed E-state index contributed by atoms with van der Waals surface area (Å²) in [5, 5.41) is 0. The van der Waals surface area contributed by atoms with E-state index in [1.165, 1.54) is 17.0 Å². The Balaban J connectivity index is 2.70. The molecule has 1 aromatic carbocycles. The molecule has 0 heterocycles. The van der Waals surface area contributed by atoms with Gasteiger partial charge >= 0.3 is 0 Å². The number of halogens is 5. The van der Waals surface area contributed by atoms with Gasteiger partial charge in [-0.2, -0.15) is 0 Å². The monoisotopic (exact) mass is 329 g/mol. The fourth-order valence-electron chi connectivity index (χ4n) is 1.51. The van der Waals surface area contributed by atoms with Crippen LogP contribution in [0.25, 0.3) is 0 Å². The van der Waals surface area contributed by atoms with Crippen LogP contribution in [0.1, 0.15) is 5.56 Å². The van der Waals surface area contributed by atoms with Gasteiger partial charge in [0.1, 0.15) is 5.82 Å². The maximum atomic E-state index is 13.1. The summed E-state index contributed by atoms with van der Waals surface area (Å²) in [5.41, 5.74) is 0.641. The molecule has 0 aromatic heterocycles. The van der Waals surface area contributed by atoms with Crippen molar-refractivity contribution in [1.29, 1.82) is 0 Å². The Bertz CT molecular complexity index is 342. The van der Waals surface area contributed by atoms with Gasteiger partial charge in [0.25, 0.3) is 6.43 Å². The molecule has 0 saturated heterocycles. The van der Waals surface area contributed by atoms with E-state index < -0.39 is 12.2 Å². The average Bonchev–Trinajstić information content (AvgIpc) is 2.14. The first-order valence-corrected chi connectivity index (χ1v) is 6.35. The molecule has 0 radical (unpaired) electrons. The van der Waals surface area contributed by atoms with Crippen LogP contribution < -0.4 is 0 Å². The van der Waals surface area contributed by atoms with Crippen molar-refractivity contribution < 1.29 is 13.2 Å². The first-order chi connectivity index (χ1) is 8.01. The van der Waals surface area contributed by atoms with Crippen LogP contribution in [0.5, 0.6) is 0 Å². The number of hydrogen-bond acceptors (Lipinski definition) is 1. The van der Waals surface area contributed by atoms with Crippen LogP contribution >= 0.6 is 27.5 Å². The molecule has 0 aliphatic heterocycles. The van der Waals surface area contributed by atoms with Crippen molar-refractivity contribution in [2.24, 2.45) is 0 Å². The molecule has 0 aliphatic carbocycles. The molecule has 0 saturated carbocycles. The molecule has 0 bridgehead atoms. The number of nitrogens with zero attached hydrogens (tertiary/aromatic N) is 1. The molecular weight excluding hydrogens is 318 g/mol. The van der Waals surface area contributed by atoms with Crippen molar-refractivity contribution in [2.45, 2.75) is 13.0 Å². The van der Waals surface area contributed by atoms with Gasteiger partial charge in [-0.05, 0) is 23.8 Å². The predicted molar refractivity (Wildman–Crippen MR) is 66.1 cm³/mol. The second-order valence-corrected chi connectivity index (χ2v) is 4.89. The van der Waals surface area contributed by atoms with Gasteiger partial charge in [0.2, 0.25) is 0 Å². The third-order valence-electron chi connectivity index (χ3n) is 2.13. The van der Waals surface area contributed by atoms with E-state index in [2.05, 4.69) is 15.9 Å². The van der Waals surface area contributed by atoms with Gasteiger partial charge in [-0.25, -0.2) is 13.2 Å². The predicted octanol–water partition coefficient (Wildman–Crippen LogP) is 3.89. The van der Waals surface area contributed by atoms with Crippen molar-refractivity contribution in [1.82, 2.24) is 4.90 Å². The fourth-order valence-corrected chi connectivity index (χ4v) is 2.26. The molecule has 0 amide bonds. The Morgan fingerprint density at radius 3 is 2.53 bits per heavy atom. The Morgan fingerprint density at radius 2 is 2.00 bits per heavy atom. The zero-order chi connectivity index (χ0) is 12.8. The van der Waals surface area contributed by atoms with Crippen molar-refractivity contribution >= 4 is 27.5 Å². The molecule has 0 fully saturated rings. The summed E-state index contributed by atoms with van der Waals surface area (Å²) in [4.78, 5) is 1.50. The minimum atomic E-state index is -2.42. The van der Waals surface area contributed by atoms with Gasteiger partial charge in [-0.3, -0.25) is 4.90 Å². The SMILES string of the molecule is Fc1cc(Br)cc(CN(CCCl)CC(F)F)c1.